The summed E-state index contributed by atoms with van der Waals surface area (Å²) in [5.74, 6) is -0.814. The van der Waals surface area contributed by atoms with Crippen molar-refractivity contribution in [2.45, 2.75) is 25.5 Å². The molecular weight excluding hydrogens is 501 g/mol. The predicted molar refractivity (Wildman–Crippen MR) is 143 cm³/mol. The average molecular weight is 522 g/mol. The fourth-order valence-electron chi connectivity index (χ4n) is 3.65. The zero-order chi connectivity index (χ0) is 25.1. The van der Waals surface area contributed by atoms with E-state index < -0.39 is 11.2 Å². The van der Waals surface area contributed by atoms with Crippen molar-refractivity contribution < 1.29 is 9.59 Å². The number of nitrogens with zero attached hydrogens (tertiary/aromatic N) is 2. The SMILES string of the molecule is Cc1ccc(NC(=O)C(C#N)=C2SC(Cc3cccc(Cl)c3Cl)C(=O)N2c2ccc(C)cc2)cc1. The Kier molecular flexibility index (Phi) is 7.51. The van der Waals surface area contributed by atoms with Crippen LogP contribution in [0.2, 0.25) is 10.0 Å². The largest absolute Gasteiger partial charge is 0.321 e. The van der Waals surface area contributed by atoms with E-state index in [1.807, 2.05) is 50.2 Å². The van der Waals surface area contributed by atoms with Gasteiger partial charge < -0.3 is 5.32 Å². The molecule has 0 radical (unpaired) electrons. The Morgan fingerprint density at radius 3 is 2.29 bits per heavy atom. The van der Waals surface area contributed by atoms with Crippen LogP contribution in [0.3, 0.4) is 0 Å². The van der Waals surface area contributed by atoms with Crippen molar-refractivity contribution in [3.63, 3.8) is 0 Å². The maximum absolute atomic E-state index is 13.6. The van der Waals surface area contributed by atoms with E-state index in [4.69, 9.17) is 23.2 Å². The number of carbonyl (C=O) groups excluding carboxylic acids is 2. The van der Waals surface area contributed by atoms with Crippen molar-refractivity contribution in [1.82, 2.24) is 0 Å². The Hall–Kier alpha value is -3.24. The number of rotatable bonds is 5. The van der Waals surface area contributed by atoms with Gasteiger partial charge in [0.05, 0.1) is 15.3 Å². The van der Waals surface area contributed by atoms with E-state index in [2.05, 4.69) is 5.32 Å². The summed E-state index contributed by atoms with van der Waals surface area (Å²) >= 11 is 13.7. The molecule has 0 aromatic heterocycles. The normalized spacial score (nSPS) is 16.7. The molecule has 0 bridgehead atoms. The van der Waals surface area contributed by atoms with Crippen LogP contribution in [-0.4, -0.2) is 17.1 Å². The van der Waals surface area contributed by atoms with Gasteiger partial charge in [0.2, 0.25) is 5.91 Å². The van der Waals surface area contributed by atoms with Gasteiger partial charge in [0.1, 0.15) is 16.7 Å². The number of benzene rings is 3. The second kappa shape index (κ2) is 10.6. The molecule has 0 aliphatic carbocycles. The molecule has 0 saturated carbocycles. The van der Waals surface area contributed by atoms with Gasteiger partial charge in [-0.05, 0) is 56.2 Å². The third-order valence-electron chi connectivity index (χ3n) is 5.54. The molecule has 35 heavy (non-hydrogen) atoms. The van der Waals surface area contributed by atoms with Gasteiger partial charge >= 0.3 is 0 Å². The van der Waals surface area contributed by atoms with E-state index >= 15 is 0 Å². The second-order valence-corrected chi connectivity index (χ2v) is 10.1. The Morgan fingerprint density at radius 1 is 1.03 bits per heavy atom. The number of halogens is 2. The van der Waals surface area contributed by atoms with Gasteiger partial charge in [0.15, 0.2) is 0 Å². The number of aryl methyl sites for hydroxylation is 2. The van der Waals surface area contributed by atoms with Gasteiger partial charge in [-0.2, -0.15) is 5.26 Å². The van der Waals surface area contributed by atoms with E-state index in [1.165, 1.54) is 16.7 Å². The lowest BCUT2D eigenvalue weighted by molar-refractivity contribution is -0.117. The molecule has 1 aliphatic heterocycles. The van der Waals surface area contributed by atoms with Crippen LogP contribution in [0.15, 0.2) is 77.3 Å². The standard InChI is InChI=1S/C27H21Cl2N3O2S/c1-16-6-10-19(11-7-16)31-25(33)21(15-30)27-32(20-12-8-17(2)9-13-20)26(34)23(35-27)14-18-4-3-5-22(28)24(18)29/h3-13,23H,14H2,1-2H3,(H,31,33). The Balaban J connectivity index is 1.74. The molecule has 176 valence electrons. The highest BCUT2D eigenvalue weighted by Crippen LogP contribution is 2.43. The number of thioether (sulfide) groups is 1. The Morgan fingerprint density at radius 2 is 1.66 bits per heavy atom. The van der Waals surface area contributed by atoms with Gasteiger partial charge in [-0.1, -0.05) is 82.5 Å². The van der Waals surface area contributed by atoms with Gasteiger partial charge in [0, 0.05) is 11.4 Å². The summed E-state index contributed by atoms with van der Waals surface area (Å²) in [5.41, 5.74) is 3.80. The van der Waals surface area contributed by atoms with E-state index in [9.17, 15) is 14.9 Å². The number of nitrogens with one attached hydrogen (secondary N) is 1. The average Bonchev–Trinajstić information content (AvgIpc) is 3.15. The summed E-state index contributed by atoms with van der Waals surface area (Å²) in [6, 6.07) is 21.9. The van der Waals surface area contributed by atoms with Crippen molar-refractivity contribution in [2.75, 3.05) is 10.2 Å². The lowest BCUT2D eigenvalue weighted by Crippen LogP contribution is -2.31. The number of hydrogen-bond donors (Lipinski definition) is 1. The number of carbonyl (C=O) groups is 2. The first-order valence-electron chi connectivity index (χ1n) is 10.8. The van der Waals surface area contributed by atoms with E-state index in [-0.39, 0.29) is 16.5 Å². The predicted octanol–water partition coefficient (Wildman–Crippen LogP) is 6.68. The minimum absolute atomic E-state index is 0.135. The van der Waals surface area contributed by atoms with Crippen molar-refractivity contribution in [1.29, 1.82) is 5.26 Å². The number of hydrogen-bond acceptors (Lipinski definition) is 4. The zero-order valence-corrected chi connectivity index (χ0v) is 21.3. The maximum atomic E-state index is 13.6. The van der Waals surface area contributed by atoms with Crippen LogP contribution >= 0.6 is 35.0 Å². The van der Waals surface area contributed by atoms with E-state index in [1.54, 1.807) is 36.4 Å². The quantitative estimate of drug-likeness (QED) is 0.300. The highest BCUT2D eigenvalue weighted by Gasteiger charge is 2.41. The first-order valence-corrected chi connectivity index (χ1v) is 12.4. The lowest BCUT2D eigenvalue weighted by atomic mass is 10.1. The Labute approximate surface area is 218 Å². The molecule has 1 unspecified atom stereocenters. The van der Waals surface area contributed by atoms with E-state index in [0.717, 1.165) is 16.7 Å². The molecule has 2 amide bonds. The molecule has 3 aromatic rings. The number of anilines is 2. The molecule has 5 nitrogen and oxygen atoms in total. The van der Waals surface area contributed by atoms with Crippen molar-refractivity contribution in [3.8, 4) is 6.07 Å². The molecule has 8 heteroatoms. The van der Waals surface area contributed by atoms with Crippen LogP contribution in [-0.2, 0) is 16.0 Å². The molecular formula is C27H21Cl2N3O2S. The molecule has 4 rings (SSSR count). The van der Waals surface area contributed by atoms with Gasteiger partial charge in [-0.15, -0.1) is 0 Å². The molecule has 1 aliphatic rings. The molecule has 1 N–H and O–H groups in total. The molecule has 1 fully saturated rings. The second-order valence-electron chi connectivity index (χ2n) is 8.14. The minimum Gasteiger partial charge on any atom is -0.321 e. The highest BCUT2D eigenvalue weighted by molar-refractivity contribution is 8.05. The summed E-state index contributed by atoms with van der Waals surface area (Å²) in [5, 5.41) is 13.2. The van der Waals surface area contributed by atoms with Crippen LogP contribution < -0.4 is 10.2 Å². The van der Waals surface area contributed by atoms with Crippen molar-refractivity contribution >= 4 is 58.2 Å². The molecule has 0 spiro atoms. The maximum Gasteiger partial charge on any atom is 0.269 e. The van der Waals surface area contributed by atoms with Crippen LogP contribution in [0.5, 0.6) is 0 Å². The summed E-state index contributed by atoms with van der Waals surface area (Å²) in [4.78, 5) is 28.2. The van der Waals surface area contributed by atoms with Gasteiger partial charge in [-0.3, -0.25) is 14.5 Å². The van der Waals surface area contributed by atoms with Crippen LogP contribution in [0.1, 0.15) is 16.7 Å². The third kappa shape index (κ3) is 5.38. The van der Waals surface area contributed by atoms with Crippen molar-refractivity contribution in [2.24, 2.45) is 0 Å². The highest BCUT2D eigenvalue weighted by atomic mass is 35.5. The number of amides is 2. The zero-order valence-electron chi connectivity index (χ0n) is 19.0. The smallest absolute Gasteiger partial charge is 0.269 e. The first-order chi connectivity index (χ1) is 16.8. The van der Waals surface area contributed by atoms with Gasteiger partial charge in [-0.25, -0.2) is 0 Å². The summed E-state index contributed by atoms with van der Waals surface area (Å²) in [7, 11) is 0. The summed E-state index contributed by atoms with van der Waals surface area (Å²) in [6.07, 6.45) is 0.299. The minimum atomic E-state index is -0.585. The molecule has 3 aromatic carbocycles. The monoisotopic (exact) mass is 521 g/mol. The molecule has 1 heterocycles. The number of nitriles is 1. The fourth-order valence-corrected chi connectivity index (χ4v) is 5.34. The Bertz CT molecular complexity index is 1360. The van der Waals surface area contributed by atoms with Crippen molar-refractivity contribution in [3.05, 3.63) is 104 Å². The first kappa shape index (κ1) is 24.9. The lowest BCUT2D eigenvalue weighted by Gasteiger charge is -2.19. The van der Waals surface area contributed by atoms with Crippen LogP contribution in [0, 0.1) is 25.2 Å². The summed E-state index contributed by atoms with van der Waals surface area (Å²) < 4.78 is 0. The van der Waals surface area contributed by atoms with Crippen LogP contribution in [0.25, 0.3) is 0 Å². The fraction of sp³-hybridized carbons (Fsp3) is 0.148. The topological polar surface area (TPSA) is 73.2 Å². The van der Waals surface area contributed by atoms with Crippen LogP contribution in [0.4, 0.5) is 11.4 Å². The van der Waals surface area contributed by atoms with E-state index in [0.29, 0.717) is 27.8 Å². The third-order valence-corrected chi connectivity index (χ3v) is 7.66. The van der Waals surface area contributed by atoms with Gasteiger partial charge in [0.25, 0.3) is 5.91 Å². The molecule has 1 atom stereocenters. The molecule has 1 saturated heterocycles. The summed E-state index contributed by atoms with van der Waals surface area (Å²) in [6.45, 7) is 3.89.